The Hall–Kier alpha value is -1.92. The molecule has 0 fully saturated rings. The molecule has 1 rings (SSSR count). The molecule has 1 amide bonds. The molecular formula is C11H18N4O3. The zero-order chi connectivity index (χ0) is 13.6. The van der Waals surface area contributed by atoms with E-state index in [1.807, 2.05) is 6.92 Å². The lowest BCUT2D eigenvalue weighted by Gasteiger charge is -2.27. The van der Waals surface area contributed by atoms with Crippen molar-refractivity contribution in [2.45, 2.75) is 38.8 Å². The van der Waals surface area contributed by atoms with Gasteiger partial charge in [0.05, 0.1) is 13.3 Å². The number of amides is 1. The van der Waals surface area contributed by atoms with E-state index in [0.717, 1.165) is 6.42 Å². The van der Waals surface area contributed by atoms with E-state index >= 15 is 0 Å². The first-order chi connectivity index (χ1) is 8.51. The van der Waals surface area contributed by atoms with E-state index in [1.54, 1.807) is 13.1 Å². The Balaban J connectivity index is 2.66. The van der Waals surface area contributed by atoms with Crippen molar-refractivity contribution >= 4 is 11.9 Å². The number of carbonyl (C=O) groups excluding carboxylic acids is 2. The number of hydrogen-bond donors (Lipinski definition) is 1. The summed E-state index contributed by atoms with van der Waals surface area (Å²) in [6, 6.07) is 0. The minimum Gasteiger partial charge on any atom is -0.467 e. The summed E-state index contributed by atoms with van der Waals surface area (Å²) in [6.45, 7) is 3.61. The minimum absolute atomic E-state index is 0.0241. The molecule has 1 heterocycles. The molecule has 1 aromatic rings. The molecule has 1 atom stereocenters. The molecule has 7 heteroatoms. The Bertz CT molecular complexity index is 404. The van der Waals surface area contributed by atoms with Crippen molar-refractivity contribution in [1.29, 1.82) is 0 Å². The first-order valence-electron chi connectivity index (χ1n) is 5.75. The van der Waals surface area contributed by atoms with Crippen molar-refractivity contribution in [2.24, 2.45) is 0 Å². The van der Waals surface area contributed by atoms with Crippen molar-refractivity contribution < 1.29 is 14.3 Å². The quantitative estimate of drug-likeness (QED) is 0.729. The van der Waals surface area contributed by atoms with Crippen molar-refractivity contribution in [3.05, 3.63) is 12.4 Å². The van der Waals surface area contributed by atoms with Crippen molar-refractivity contribution in [2.75, 3.05) is 7.11 Å². The first-order valence-corrected chi connectivity index (χ1v) is 5.75. The number of hydrogen-bond acceptors (Lipinski definition) is 5. The lowest BCUT2D eigenvalue weighted by molar-refractivity contribution is -0.150. The molecule has 1 N–H and O–H groups in total. The fraction of sp³-hybridized carbons (Fsp3) is 0.636. The lowest BCUT2D eigenvalue weighted by atomic mass is 9.96. The van der Waals surface area contributed by atoms with Gasteiger partial charge in [-0.1, -0.05) is 18.6 Å². The highest BCUT2D eigenvalue weighted by atomic mass is 16.5. The Kier molecular flexibility index (Phi) is 4.82. The second-order valence-corrected chi connectivity index (χ2v) is 4.22. The highest BCUT2D eigenvalue weighted by Gasteiger charge is 2.35. The summed E-state index contributed by atoms with van der Waals surface area (Å²) in [5, 5.41) is 9.97. The fourth-order valence-electron chi connectivity index (χ4n) is 1.75. The molecule has 0 spiro atoms. The molecular weight excluding hydrogens is 236 g/mol. The van der Waals surface area contributed by atoms with Gasteiger partial charge in [0.15, 0.2) is 0 Å². The average molecular weight is 254 g/mol. The summed E-state index contributed by atoms with van der Waals surface area (Å²) in [5.41, 5.74) is -0.999. The molecule has 0 bridgehead atoms. The number of nitrogens with one attached hydrogen (secondary N) is 1. The van der Waals surface area contributed by atoms with Gasteiger partial charge in [-0.25, -0.2) is 9.48 Å². The zero-order valence-electron chi connectivity index (χ0n) is 10.8. The van der Waals surface area contributed by atoms with Gasteiger partial charge in [0.2, 0.25) is 5.91 Å². The van der Waals surface area contributed by atoms with E-state index in [-0.39, 0.29) is 12.5 Å². The van der Waals surface area contributed by atoms with Crippen LogP contribution < -0.4 is 5.32 Å². The van der Waals surface area contributed by atoms with Gasteiger partial charge in [-0.15, -0.1) is 5.10 Å². The molecule has 7 nitrogen and oxygen atoms in total. The van der Waals surface area contributed by atoms with E-state index in [2.05, 4.69) is 15.6 Å². The second-order valence-electron chi connectivity index (χ2n) is 4.22. The third-order valence-corrected chi connectivity index (χ3v) is 2.58. The first kappa shape index (κ1) is 14.1. The predicted octanol–water partition coefficient (Wildman–Crippen LogP) is 0.126. The number of ether oxygens (including phenoxy) is 1. The molecule has 18 heavy (non-hydrogen) atoms. The molecule has 0 aromatic carbocycles. The standard InChI is InChI=1S/C11H18N4O3/c1-4-5-11(2,10(17)18-3)13-9(16)8-15-7-6-12-14-15/h6-7H,4-5,8H2,1-3H3,(H,13,16). The molecule has 0 aliphatic rings. The van der Waals surface area contributed by atoms with E-state index in [4.69, 9.17) is 4.74 Å². The van der Waals surface area contributed by atoms with Crippen molar-refractivity contribution in [3.63, 3.8) is 0 Å². The van der Waals surface area contributed by atoms with Crippen LogP contribution in [0.3, 0.4) is 0 Å². The second kappa shape index (κ2) is 6.13. The van der Waals surface area contributed by atoms with Crippen LogP contribution in [-0.2, 0) is 20.9 Å². The van der Waals surface area contributed by atoms with Gasteiger partial charge < -0.3 is 10.1 Å². The number of aromatic nitrogens is 3. The summed E-state index contributed by atoms with van der Waals surface area (Å²) >= 11 is 0. The highest BCUT2D eigenvalue weighted by molar-refractivity contribution is 5.87. The van der Waals surface area contributed by atoms with Gasteiger partial charge in [0.25, 0.3) is 0 Å². The Labute approximate surface area is 105 Å². The summed E-state index contributed by atoms with van der Waals surface area (Å²) in [7, 11) is 1.31. The maximum Gasteiger partial charge on any atom is 0.331 e. The summed E-state index contributed by atoms with van der Waals surface area (Å²) in [4.78, 5) is 23.5. The third-order valence-electron chi connectivity index (χ3n) is 2.58. The van der Waals surface area contributed by atoms with E-state index in [1.165, 1.54) is 18.0 Å². The monoisotopic (exact) mass is 254 g/mol. The molecule has 0 saturated carbocycles. The Morgan fingerprint density at radius 2 is 2.22 bits per heavy atom. The SMILES string of the molecule is CCCC(C)(NC(=O)Cn1ccnn1)C(=O)OC. The Morgan fingerprint density at radius 1 is 1.50 bits per heavy atom. The normalized spacial score (nSPS) is 13.7. The fourth-order valence-corrected chi connectivity index (χ4v) is 1.75. The van der Waals surface area contributed by atoms with Crippen LogP contribution in [0.15, 0.2) is 12.4 Å². The molecule has 0 aliphatic heterocycles. The van der Waals surface area contributed by atoms with Gasteiger partial charge in [-0.2, -0.15) is 0 Å². The maximum absolute atomic E-state index is 11.8. The predicted molar refractivity (Wildman–Crippen MR) is 63.5 cm³/mol. The van der Waals surface area contributed by atoms with Crippen LogP contribution in [0.1, 0.15) is 26.7 Å². The number of esters is 1. The molecule has 1 unspecified atom stereocenters. The topological polar surface area (TPSA) is 86.1 Å². The Morgan fingerprint density at radius 3 is 2.72 bits per heavy atom. The smallest absolute Gasteiger partial charge is 0.331 e. The van der Waals surface area contributed by atoms with Crippen LogP contribution in [0.4, 0.5) is 0 Å². The van der Waals surface area contributed by atoms with Gasteiger partial charge in [-0.3, -0.25) is 4.79 Å². The van der Waals surface area contributed by atoms with Crippen LogP contribution in [0, 0.1) is 0 Å². The highest BCUT2D eigenvalue weighted by Crippen LogP contribution is 2.14. The van der Waals surface area contributed by atoms with Crippen LogP contribution >= 0.6 is 0 Å². The third kappa shape index (κ3) is 3.54. The number of carbonyl (C=O) groups is 2. The minimum atomic E-state index is -0.999. The van der Waals surface area contributed by atoms with Gasteiger partial charge in [0.1, 0.15) is 12.1 Å². The summed E-state index contributed by atoms with van der Waals surface area (Å²) in [5.74, 6) is -0.752. The van der Waals surface area contributed by atoms with Crippen LogP contribution in [-0.4, -0.2) is 39.5 Å². The molecule has 1 aromatic heterocycles. The lowest BCUT2D eigenvalue weighted by Crippen LogP contribution is -2.53. The zero-order valence-corrected chi connectivity index (χ0v) is 10.8. The number of methoxy groups -OCH3 is 1. The van der Waals surface area contributed by atoms with Gasteiger partial charge in [0, 0.05) is 6.20 Å². The molecule has 0 saturated heterocycles. The van der Waals surface area contributed by atoms with Gasteiger partial charge in [-0.05, 0) is 13.3 Å². The molecule has 0 aliphatic carbocycles. The summed E-state index contributed by atoms with van der Waals surface area (Å²) in [6.07, 6.45) is 4.34. The summed E-state index contributed by atoms with van der Waals surface area (Å²) < 4.78 is 6.10. The largest absolute Gasteiger partial charge is 0.467 e. The van der Waals surface area contributed by atoms with Crippen LogP contribution in [0.2, 0.25) is 0 Å². The maximum atomic E-state index is 11.8. The van der Waals surface area contributed by atoms with Crippen molar-refractivity contribution in [1.82, 2.24) is 20.3 Å². The average Bonchev–Trinajstić information content (AvgIpc) is 2.80. The van der Waals surface area contributed by atoms with Crippen LogP contribution in [0.5, 0.6) is 0 Å². The van der Waals surface area contributed by atoms with Gasteiger partial charge >= 0.3 is 5.97 Å². The van der Waals surface area contributed by atoms with Crippen LogP contribution in [0.25, 0.3) is 0 Å². The van der Waals surface area contributed by atoms with Crippen molar-refractivity contribution in [3.8, 4) is 0 Å². The number of rotatable bonds is 6. The molecule has 0 radical (unpaired) electrons. The molecule has 100 valence electrons. The van der Waals surface area contributed by atoms with E-state index in [9.17, 15) is 9.59 Å². The van der Waals surface area contributed by atoms with E-state index in [0.29, 0.717) is 6.42 Å². The number of nitrogens with zero attached hydrogens (tertiary/aromatic N) is 3. The van der Waals surface area contributed by atoms with E-state index < -0.39 is 11.5 Å².